The fourth-order valence-corrected chi connectivity index (χ4v) is 1.58. The maximum atomic E-state index is 11.4. The van der Waals surface area contributed by atoms with Crippen LogP contribution in [0.25, 0.3) is 0 Å². The molecule has 0 saturated carbocycles. The molecular weight excluding hydrogens is 248 g/mol. The lowest BCUT2D eigenvalue weighted by atomic mass is 10.1. The zero-order chi connectivity index (χ0) is 13.0. The van der Waals surface area contributed by atoms with Crippen molar-refractivity contribution in [3.63, 3.8) is 0 Å². The normalized spacial score (nSPS) is 12.0. The van der Waals surface area contributed by atoms with Crippen molar-refractivity contribution in [2.24, 2.45) is 0 Å². The minimum absolute atomic E-state index is 0.0591. The van der Waals surface area contributed by atoms with E-state index >= 15 is 0 Å². The molecule has 1 aromatic rings. The van der Waals surface area contributed by atoms with Crippen LogP contribution >= 0.6 is 11.6 Å². The van der Waals surface area contributed by atoms with E-state index in [9.17, 15) is 15.0 Å². The Morgan fingerprint density at radius 2 is 2.18 bits per heavy atom. The van der Waals surface area contributed by atoms with Crippen molar-refractivity contribution in [1.82, 2.24) is 0 Å². The van der Waals surface area contributed by atoms with Crippen LogP contribution in [0.15, 0.2) is 12.1 Å². The summed E-state index contributed by atoms with van der Waals surface area (Å²) in [6, 6.07) is 2.84. The lowest BCUT2D eigenvalue weighted by Crippen LogP contribution is -2.16. The van der Waals surface area contributed by atoms with Crippen LogP contribution in [-0.2, 0) is 9.53 Å². The lowest BCUT2D eigenvalue weighted by Gasteiger charge is -2.15. The lowest BCUT2D eigenvalue weighted by molar-refractivity contribution is -0.153. The highest BCUT2D eigenvalue weighted by Crippen LogP contribution is 2.39. The maximum absolute atomic E-state index is 11.4. The zero-order valence-corrected chi connectivity index (χ0v) is 10.2. The molecule has 1 rings (SSSR count). The molecule has 0 radical (unpaired) electrons. The number of benzene rings is 1. The first-order valence-corrected chi connectivity index (χ1v) is 5.30. The number of esters is 1. The smallest absolute Gasteiger partial charge is 0.339 e. The third kappa shape index (κ3) is 2.81. The van der Waals surface area contributed by atoms with E-state index in [1.165, 1.54) is 19.2 Å². The van der Waals surface area contributed by atoms with Gasteiger partial charge in [-0.25, -0.2) is 4.79 Å². The van der Waals surface area contributed by atoms with Crippen LogP contribution in [0.3, 0.4) is 0 Å². The Labute approximate surface area is 104 Å². The average molecular weight is 261 g/mol. The van der Waals surface area contributed by atoms with E-state index in [0.29, 0.717) is 0 Å². The van der Waals surface area contributed by atoms with Gasteiger partial charge in [-0.1, -0.05) is 11.6 Å². The van der Waals surface area contributed by atoms with Crippen LogP contribution in [0.4, 0.5) is 0 Å². The maximum Gasteiger partial charge on any atom is 0.339 e. The number of aromatic hydroxyl groups is 1. The summed E-state index contributed by atoms with van der Waals surface area (Å²) < 4.78 is 9.50. The van der Waals surface area contributed by atoms with Gasteiger partial charge in [-0.3, -0.25) is 0 Å². The first-order chi connectivity index (χ1) is 8.02. The zero-order valence-electron chi connectivity index (χ0n) is 9.44. The van der Waals surface area contributed by atoms with E-state index in [4.69, 9.17) is 16.3 Å². The number of carbonyl (C=O) groups is 1. The van der Waals surface area contributed by atoms with Crippen molar-refractivity contribution in [2.45, 2.75) is 13.0 Å². The second-order valence-electron chi connectivity index (χ2n) is 3.17. The highest BCUT2D eigenvalue weighted by atomic mass is 35.5. The summed E-state index contributed by atoms with van der Waals surface area (Å²) in [6.07, 6.45) is -1.64. The van der Waals surface area contributed by atoms with Crippen molar-refractivity contribution in [3.05, 3.63) is 22.7 Å². The molecule has 17 heavy (non-hydrogen) atoms. The van der Waals surface area contributed by atoms with Gasteiger partial charge in [-0.2, -0.15) is 0 Å². The Hall–Kier alpha value is -1.46. The molecule has 0 bridgehead atoms. The topological polar surface area (TPSA) is 76.0 Å². The van der Waals surface area contributed by atoms with Crippen LogP contribution in [-0.4, -0.2) is 29.9 Å². The molecule has 0 aromatic heterocycles. The Morgan fingerprint density at radius 3 is 2.71 bits per heavy atom. The van der Waals surface area contributed by atoms with Gasteiger partial charge in [-0.15, -0.1) is 0 Å². The number of aliphatic hydroxyl groups is 1. The molecule has 0 fully saturated rings. The van der Waals surface area contributed by atoms with E-state index in [2.05, 4.69) is 4.74 Å². The summed E-state index contributed by atoms with van der Waals surface area (Å²) in [5.41, 5.74) is -0.121. The average Bonchev–Trinajstić information content (AvgIpc) is 2.29. The van der Waals surface area contributed by atoms with Crippen LogP contribution in [0.5, 0.6) is 11.5 Å². The quantitative estimate of drug-likeness (QED) is 0.805. The first-order valence-electron chi connectivity index (χ1n) is 4.93. The number of carbonyl (C=O) groups excluding carboxylic acids is 1. The van der Waals surface area contributed by atoms with Gasteiger partial charge in [0.25, 0.3) is 0 Å². The SMILES string of the molecule is CCOC(=O)C(O)c1c(Cl)ccc(OC)c1O. The van der Waals surface area contributed by atoms with Gasteiger partial charge in [-0.05, 0) is 19.1 Å². The van der Waals surface area contributed by atoms with Crippen LogP contribution in [0, 0.1) is 0 Å². The Kier molecular flexibility index (Phi) is 4.60. The fraction of sp³-hybridized carbons (Fsp3) is 0.364. The number of hydrogen-bond donors (Lipinski definition) is 2. The van der Waals surface area contributed by atoms with Gasteiger partial charge in [0.1, 0.15) is 0 Å². The Morgan fingerprint density at radius 1 is 1.53 bits per heavy atom. The highest BCUT2D eigenvalue weighted by Gasteiger charge is 2.26. The Bertz CT molecular complexity index is 419. The molecule has 1 unspecified atom stereocenters. The van der Waals surface area contributed by atoms with Crippen LogP contribution in [0.2, 0.25) is 5.02 Å². The number of hydrogen-bond acceptors (Lipinski definition) is 5. The third-order valence-electron chi connectivity index (χ3n) is 2.13. The van der Waals surface area contributed by atoms with Crippen molar-refractivity contribution in [1.29, 1.82) is 0 Å². The van der Waals surface area contributed by atoms with Crippen LogP contribution in [0.1, 0.15) is 18.6 Å². The summed E-state index contributed by atoms with van der Waals surface area (Å²) in [6.45, 7) is 1.73. The molecule has 0 saturated heterocycles. The summed E-state index contributed by atoms with van der Waals surface area (Å²) in [5, 5.41) is 19.6. The van der Waals surface area contributed by atoms with Crippen molar-refractivity contribution < 1.29 is 24.5 Å². The third-order valence-corrected chi connectivity index (χ3v) is 2.46. The van der Waals surface area contributed by atoms with E-state index < -0.39 is 12.1 Å². The standard InChI is InChI=1S/C11H13ClO5/c1-3-17-11(15)10(14)8-6(12)4-5-7(16-2)9(8)13/h4-5,10,13-14H,3H2,1-2H3. The van der Waals surface area contributed by atoms with Crippen molar-refractivity contribution in [2.75, 3.05) is 13.7 Å². The number of phenolic OH excluding ortho intramolecular Hbond substituents is 1. The Balaban J connectivity index is 3.16. The van der Waals surface area contributed by atoms with E-state index in [1.807, 2.05) is 0 Å². The van der Waals surface area contributed by atoms with Gasteiger partial charge in [0.05, 0.1) is 24.3 Å². The monoisotopic (exact) mass is 260 g/mol. The number of methoxy groups -OCH3 is 1. The van der Waals surface area contributed by atoms with Gasteiger partial charge >= 0.3 is 5.97 Å². The molecule has 6 heteroatoms. The summed E-state index contributed by atoms with van der Waals surface area (Å²) in [7, 11) is 1.35. The highest BCUT2D eigenvalue weighted by molar-refractivity contribution is 6.31. The summed E-state index contributed by atoms with van der Waals surface area (Å²) in [5.74, 6) is -1.13. The predicted octanol–water partition coefficient (Wildman–Crippen LogP) is 1.65. The summed E-state index contributed by atoms with van der Waals surface area (Å²) >= 11 is 5.81. The second kappa shape index (κ2) is 5.75. The van der Waals surface area contributed by atoms with Crippen molar-refractivity contribution >= 4 is 17.6 Å². The number of halogens is 1. The number of aliphatic hydroxyl groups excluding tert-OH is 1. The molecule has 0 heterocycles. The molecule has 5 nitrogen and oxygen atoms in total. The molecule has 0 amide bonds. The molecule has 0 aliphatic rings. The van der Waals surface area contributed by atoms with E-state index in [-0.39, 0.29) is 28.7 Å². The minimum Gasteiger partial charge on any atom is -0.504 e. The molecule has 1 atom stereocenters. The number of rotatable bonds is 4. The first kappa shape index (κ1) is 13.6. The van der Waals surface area contributed by atoms with Crippen molar-refractivity contribution in [3.8, 4) is 11.5 Å². The molecule has 0 aliphatic heterocycles. The fourth-order valence-electron chi connectivity index (χ4n) is 1.33. The van der Waals surface area contributed by atoms with E-state index in [0.717, 1.165) is 0 Å². The second-order valence-corrected chi connectivity index (χ2v) is 3.57. The number of ether oxygens (including phenoxy) is 2. The number of phenols is 1. The van der Waals surface area contributed by atoms with Crippen LogP contribution < -0.4 is 4.74 Å². The molecule has 94 valence electrons. The van der Waals surface area contributed by atoms with E-state index in [1.54, 1.807) is 6.92 Å². The molecule has 1 aromatic carbocycles. The molecule has 0 spiro atoms. The van der Waals surface area contributed by atoms with Gasteiger partial charge in [0.2, 0.25) is 0 Å². The van der Waals surface area contributed by atoms with Gasteiger partial charge in [0, 0.05) is 0 Å². The summed E-state index contributed by atoms with van der Waals surface area (Å²) in [4.78, 5) is 11.4. The van der Waals surface area contributed by atoms with Gasteiger partial charge < -0.3 is 19.7 Å². The molecule has 0 aliphatic carbocycles. The largest absolute Gasteiger partial charge is 0.504 e. The minimum atomic E-state index is -1.64. The molecular formula is C11H13ClO5. The predicted molar refractivity (Wildman–Crippen MR) is 61.3 cm³/mol. The van der Waals surface area contributed by atoms with Gasteiger partial charge in [0.15, 0.2) is 17.6 Å². The molecule has 2 N–H and O–H groups in total.